The molecule has 0 aliphatic rings. The first kappa shape index (κ1) is 13.5. The van der Waals surface area contributed by atoms with E-state index in [0.29, 0.717) is 28.3 Å². The van der Waals surface area contributed by atoms with Gasteiger partial charge in [0.2, 0.25) is 17.6 Å². The molecule has 0 radical (unpaired) electrons. The Balaban J connectivity index is 1.93. The van der Waals surface area contributed by atoms with Crippen molar-refractivity contribution in [3.63, 3.8) is 0 Å². The summed E-state index contributed by atoms with van der Waals surface area (Å²) in [5, 5.41) is 4.54. The van der Waals surface area contributed by atoms with Gasteiger partial charge in [0.1, 0.15) is 0 Å². The maximum atomic E-state index is 12.3. The van der Waals surface area contributed by atoms with Crippen molar-refractivity contribution in [1.82, 2.24) is 9.97 Å². The van der Waals surface area contributed by atoms with E-state index >= 15 is 0 Å². The predicted molar refractivity (Wildman–Crippen MR) is 82.8 cm³/mol. The largest absolute Gasteiger partial charge is 0.324 e. The fraction of sp³-hybridized carbons (Fsp3) is 0.133. The summed E-state index contributed by atoms with van der Waals surface area (Å²) in [6.45, 7) is 1.77. The second-order valence-corrected chi connectivity index (χ2v) is 5.47. The smallest absolute Gasteiger partial charge is 0.226 e. The van der Waals surface area contributed by atoms with Crippen molar-refractivity contribution in [2.24, 2.45) is 0 Å². The third-order valence-electron chi connectivity index (χ3n) is 3.07. The van der Waals surface area contributed by atoms with Gasteiger partial charge in [0.15, 0.2) is 0 Å². The summed E-state index contributed by atoms with van der Waals surface area (Å²) >= 11 is 1.42. The van der Waals surface area contributed by atoms with Crippen LogP contribution in [0, 0.1) is 0 Å². The van der Waals surface area contributed by atoms with Crippen molar-refractivity contribution in [3.8, 4) is 0 Å². The topological polar surface area (TPSA) is 74.8 Å². The fourth-order valence-corrected chi connectivity index (χ4v) is 2.67. The van der Waals surface area contributed by atoms with E-state index in [0.717, 1.165) is 5.52 Å². The van der Waals surface area contributed by atoms with Crippen molar-refractivity contribution in [2.45, 2.75) is 13.3 Å². The highest BCUT2D eigenvalue weighted by Gasteiger charge is 2.12. The number of nitrogens with zero attached hydrogens (tertiary/aromatic N) is 1. The van der Waals surface area contributed by atoms with Crippen LogP contribution >= 0.6 is 11.3 Å². The minimum absolute atomic E-state index is 0.0133. The summed E-state index contributed by atoms with van der Waals surface area (Å²) in [5.74, 6) is 0.280. The monoisotopic (exact) mass is 299 g/mol. The number of rotatable bonds is 4. The number of fused-ring (bicyclic) bond motifs is 1. The molecule has 2 heterocycles. The predicted octanol–water partition coefficient (Wildman–Crippen LogP) is 3.20. The molecule has 2 N–H and O–H groups in total. The van der Waals surface area contributed by atoms with Gasteiger partial charge in [-0.2, -0.15) is 0 Å². The van der Waals surface area contributed by atoms with Gasteiger partial charge in [0, 0.05) is 12.0 Å². The Bertz CT molecular complexity index is 806. The van der Waals surface area contributed by atoms with Crippen molar-refractivity contribution in [3.05, 3.63) is 46.2 Å². The molecule has 21 heavy (non-hydrogen) atoms. The van der Waals surface area contributed by atoms with Crippen LogP contribution < -0.4 is 5.32 Å². The summed E-state index contributed by atoms with van der Waals surface area (Å²) in [6.07, 6.45) is 0.388. The molecule has 2 aromatic heterocycles. The van der Waals surface area contributed by atoms with Gasteiger partial charge in [0.25, 0.3) is 0 Å². The van der Waals surface area contributed by atoms with Crippen LogP contribution in [0.15, 0.2) is 35.7 Å². The minimum Gasteiger partial charge on any atom is -0.324 e. The molecule has 0 fully saturated rings. The van der Waals surface area contributed by atoms with E-state index in [1.165, 1.54) is 11.3 Å². The average Bonchev–Trinajstić information content (AvgIpc) is 3.14. The van der Waals surface area contributed by atoms with Gasteiger partial charge < -0.3 is 4.98 Å². The first-order valence-electron chi connectivity index (χ1n) is 6.55. The molecule has 0 atom stereocenters. The number of aromatic amines is 1. The van der Waals surface area contributed by atoms with Crippen molar-refractivity contribution >= 4 is 40.0 Å². The number of thiophene rings is 1. The number of carbonyl (C=O) groups excluding carboxylic acids is 2. The molecule has 3 aromatic rings. The summed E-state index contributed by atoms with van der Waals surface area (Å²) in [6, 6.07) is 8.93. The normalized spacial score (nSPS) is 10.7. The van der Waals surface area contributed by atoms with Crippen LogP contribution in [0.3, 0.4) is 0 Å². The molecule has 0 unspecified atom stereocenters. The first-order chi connectivity index (χ1) is 10.2. The Labute approximate surface area is 125 Å². The Hall–Kier alpha value is -2.47. The van der Waals surface area contributed by atoms with Crippen LogP contribution in [0.1, 0.15) is 28.6 Å². The lowest BCUT2D eigenvalue weighted by atomic mass is 10.1. The lowest BCUT2D eigenvalue weighted by Crippen LogP contribution is -2.10. The lowest BCUT2D eigenvalue weighted by molar-refractivity contribution is -0.115. The maximum Gasteiger partial charge on any atom is 0.226 e. The molecular formula is C15H13N3O2S. The quantitative estimate of drug-likeness (QED) is 0.726. The fourth-order valence-electron chi connectivity index (χ4n) is 1.98. The number of hydrogen-bond acceptors (Lipinski definition) is 4. The number of aromatic nitrogens is 2. The summed E-state index contributed by atoms with van der Waals surface area (Å²) < 4.78 is 0. The second-order valence-electron chi connectivity index (χ2n) is 4.53. The Morgan fingerprint density at radius 2 is 2.19 bits per heavy atom. The van der Waals surface area contributed by atoms with E-state index in [1.54, 1.807) is 31.2 Å². The number of ketones is 1. The van der Waals surface area contributed by atoms with Crippen molar-refractivity contribution in [2.75, 3.05) is 5.32 Å². The first-order valence-corrected chi connectivity index (χ1v) is 7.43. The molecule has 5 nitrogen and oxygen atoms in total. The molecule has 0 bridgehead atoms. The zero-order chi connectivity index (χ0) is 14.8. The molecule has 1 aromatic carbocycles. The number of amides is 1. The van der Waals surface area contributed by atoms with Gasteiger partial charge in [-0.1, -0.05) is 13.0 Å². The minimum atomic E-state index is -0.107. The van der Waals surface area contributed by atoms with Crippen LogP contribution in [0.4, 0.5) is 5.95 Å². The van der Waals surface area contributed by atoms with Gasteiger partial charge in [0.05, 0.1) is 15.9 Å². The number of benzene rings is 1. The number of hydrogen-bond donors (Lipinski definition) is 2. The van der Waals surface area contributed by atoms with Crippen molar-refractivity contribution in [1.29, 1.82) is 0 Å². The van der Waals surface area contributed by atoms with Gasteiger partial charge in [-0.3, -0.25) is 14.9 Å². The van der Waals surface area contributed by atoms with E-state index in [-0.39, 0.29) is 11.7 Å². The summed E-state index contributed by atoms with van der Waals surface area (Å²) in [7, 11) is 0. The summed E-state index contributed by atoms with van der Waals surface area (Å²) in [4.78, 5) is 31.6. The Morgan fingerprint density at radius 3 is 2.90 bits per heavy atom. The molecule has 6 heteroatoms. The molecule has 0 saturated heterocycles. The molecule has 1 amide bonds. The summed E-state index contributed by atoms with van der Waals surface area (Å²) in [5.41, 5.74) is 2.04. The van der Waals surface area contributed by atoms with E-state index in [1.807, 2.05) is 11.4 Å². The molecule has 0 spiro atoms. The number of nitrogens with one attached hydrogen (secondary N) is 2. The van der Waals surface area contributed by atoms with E-state index in [4.69, 9.17) is 0 Å². The third-order valence-corrected chi connectivity index (χ3v) is 3.94. The Morgan fingerprint density at radius 1 is 1.33 bits per heavy atom. The van der Waals surface area contributed by atoms with E-state index < -0.39 is 0 Å². The maximum absolute atomic E-state index is 12.3. The molecule has 0 aliphatic heterocycles. The number of anilines is 1. The third kappa shape index (κ3) is 2.71. The van der Waals surface area contributed by atoms with Crippen LogP contribution in [0.2, 0.25) is 0 Å². The van der Waals surface area contributed by atoms with E-state index in [2.05, 4.69) is 15.3 Å². The van der Waals surface area contributed by atoms with Gasteiger partial charge in [-0.05, 0) is 29.6 Å². The molecule has 0 saturated carbocycles. The van der Waals surface area contributed by atoms with Gasteiger partial charge in [-0.25, -0.2) is 4.98 Å². The lowest BCUT2D eigenvalue weighted by Gasteiger charge is -1.97. The number of imidazole rings is 1. The standard InChI is InChI=1S/C15H13N3O2S/c1-2-13(19)18-15-16-10-6-5-9(8-11(10)17-15)14(20)12-4-3-7-21-12/h3-8H,2H2,1H3,(H2,16,17,18,19). The zero-order valence-corrected chi connectivity index (χ0v) is 12.2. The molecular weight excluding hydrogens is 286 g/mol. The SMILES string of the molecule is CCC(=O)Nc1nc2ccc(C(=O)c3cccs3)cc2[nH]1. The van der Waals surface area contributed by atoms with Crippen molar-refractivity contribution < 1.29 is 9.59 Å². The highest BCUT2D eigenvalue weighted by atomic mass is 32.1. The van der Waals surface area contributed by atoms with Crippen LogP contribution in [-0.4, -0.2) is 21.7 Å². The second kappa shape index (κ2) is 5.49. The molecule has 106 valence electrons. The highest BCUT2D eigenvalue weighted by molar-refractivity contribution is 7.12. The van der Waals surface area contributed by atoms with Crippen LogP contribution in [0.25, 0.3) is 11.0 Å². The van der Waals surface area contributed by atoms with Crippen LogP contribution in [0.5, 0.6) is 0 Å². The Kier molecular flexibility index (Phi) is 3.53. The molecule has 3 rings (SSSR count). The van der Waals surface area contributed by atoms with Gasteiger partial charge in [-0.15, -0.1) is 11.3 Å². The number of carbonyl (C=O) groups is 2. The average molecular weight is 299 g/mol. The van der Waals surface area contributed by atoms with Gasteiger partial charge >= 0.3 is 0 Å². The van der Waals surface area contributed by atoms with Crippen LogP contribution in [-0.2, 0) is 4.79 Å². The molecule has 0 aliphatic carbocycles. The van der Waals surface area contributed by atoms with E-state index in [9.17, 15) is 9.59 Å². The zero-order valence-electron chi connectivity index (χ0n) is 11.3. The number of H-pyrrole nitrogens is 1. The highest BCUT2D eigenvalue weighted by Crippen LogP contribution is 2.20.